The number of nitrogens with zero attached hydrogens (tertiary/aromatic N) is 3. The maximum atomic E-state index is 12.8. The fourth-order valence-corrected chi connectivity index (χ4v) is 3.18. The van der Waals surface area contributed by atoms with Gasteiger partial charge in [0.2, 0.25) is 0 Å². The molecule has 4 rings (SSSR count). The van der Waals surface area contributed by atoms with Gasteiger partial charge in [0, 0.05) is 23.6 Å². The molecule has 8 nitrogen and oxygen atoms in total. The second-order valence-corrected chi connectivity index (χ2v) is 6.41. The minimum atomic E-state index is -0.558. The van der Waals surface area contributed by atoms with Crippen molar-refractivity contribution in [1.82, 2.24) is 9.55 Å². The Morgan fingerprint density at radius 3 is 2.68 bits per heavy atom. The molecule has 28 heavy (non-hydrogen) atoms. The Hall–Kier alpha value is -3.81. The van der Waals surface area contributed by atoms with E-state index >= 15 is 0 Å². The van der Waals surface area contributed by atoms with Gasteiger partial charge in [0.15, 0.2) is 0 Å². The number of benzene rings is 2. The van der Waals surface area contributed by atoms with E-state index in [-0.39, 0.29) is 17.6 Å². The highest BCUT2D eigenvalue weighted by Gasteiger charge is 2.13. The summed E-state index contributed by atoms with van der Waals surface area (Å²) in [5, 5.41) is 11.9. The molecule has 2 aromatic heterocycles. The second kappa shape index (κ2) is 6.73. The summed E-state index contributed by atoms with van der Waals surface area (Å²) in [6.45, 7) is 2.10. The van der Waals surface area contributed by atoms with Gasteiger partial charge < -0.3 is 4.42 Å². The van der Waals surface area contributed by atoms with Gasteiger partial charge in [0.1, 0.15) is 5.58 Å². The molecule has 0 unspecified atom stereocenters. The average molecular weight is 377 g/mol. The molecule has 0 N–H and O–H groups in total. The maximum absolute atomic E-state index is 12.8. The van der Waals surface area contributed by atoms with Crippen LogP contribution >= 0.6 is 0 Å². The van der Waals surface area contributed by atoms with Crippen LogP contribution in [0.4, 0.5) is 5.69 Å². The van der Waals surface area contributed by atoms with Crippen LogP contribution in [-0.4, -0.2) is 14.5 Å². The van der Waals surface area contributed by atoms with Crippen LogP contribution in [0.15, 0.2) is 62.8 Å². The highest BCUT2D eigenvalue weighted by molar-refractivity contribution is 5.81. The first-order valence-corrected chi connectivity index (χ1v) is 8.65. The summed E-state index contributed by atoms with van der Waals surface area (Å²) in [6, 6.07) is 10.9. The normalized spacial score (nSPS) is 11.2. The van der Waals surface area contributed by atoms with E-state index < -0.39 is 16.1 Å². The van der Waals surface area contributed by atoms with Crippen molar-refractivity contribution in [3.63, 3.8) is 0 Å². The Labute approximate surface area is 157 Å². The maximum Gasteiger partial charge on any atom is 0.336 e. The van der Waals surface area contributed by atoms with Gasteiger partial charge in [-0.25, -0.2) is 9.78 Å². The molecule has 0 atom stereocenters. The molecule has 2 aromatic carbocycles. The number of fused-ring (bicyclic) bond motifs is 2. The molecule has 0 fully saturated rings. The molecule has 0 saturated heterocycles. The van der Waals surface area contributed by atoms with Crippen LogP contribution in [0.3, 0.4) is 0 Å². The van der Waals surface area contributed by atoms with Gasteiger partial charge in [-0.2, -0.15) is 0 Å². The summed E-state index contributed by atoms with van der Waals surface area (Å²) in [5.74, 6) is 0. The molecule has 0 radical (unpaired) electrons. The zero-order valence-electron chi connectivity index (χ0n) is 14.9. The highest BCUT2D eigenvalue weighted by Crippen LogP contribution is 2.20. The Morgan fingerprint density at radius 2 is 1.93 bits per heavy atom. The van der Waals surface area contributed by atoms with E-state index in [9.17, 15) is 19.7 Å². The minimum Gasteiger partial charge on any atom is -0.423 e. The first kappa shape index (κ1) is 17.6. The minimum absolute atomic E-state index is 0.0953. The van der Waals surface area contributed by atoms with Crippen molar-refractivity contribution in [1.29, 1.82) is 0 Å². The van der Waals surface area contributed by atoms with Crippen LogP contribution in [0.2, 0.25) is 0 Å². The van der Waals surface area contributed by atoms with E-state index in [1.807, 2.05) is 25.1 Å². The van der Waals surface area contributed by atoms with Crippen LogP contribution in [0.5, 0.6) is 0 Å². The number of nitro groups is 1. The Morgan fingerprint density at radius 1 is 1.11 bits per heavy atom. The Kier molecular flexibility index (Phi) is 4.23. The van der Waals surface area contributed by atoms with Crippen LogP contribution in [-0.2, 0) is 13.0 Å². The van der Waals surface area contributed by atoms with Gasteiger partial charge in [-0.1, -0.05) is 19.1 Å². The molecule has 0 amide bonds. The van der Waals surface area contributed by atoms with Crippen molar-refractivity contribution in [2.24, 2.45) is 0 Å². The van der Waals surface area contributed by atoms with Crippen molar-refractivity contribution < 1.29 is 9.34 Å². The van der Waals surface area contributed by atoms with E-state index in [4.69, 9.17) is 4.42 Å². The summed E-state index contributed by atoms with van der Waals surface area (Å²) >= 11 is 0. The number of hydrogen-bond donors (Lipinski definition) is 0. The molecular formula is C20H15N3O5. The molecule has 140 valence electrons. The quantitative estimate of drug-likeness (QED) is 0.307. The third-order valence-electron chi connectivity index (χ3n) is 4.66. The zero-order chi connectivity index (χ0) is 19.8. The van der Waals surface area contributed by atoms with Gasteiger partial charge in [0.05, 0.1) is 28.7 Å². The molecular weight excluding hydrogens is 362 g/mol. The lowest BCUT2D eigenvalue weighted by Crippen LogP contribution is -2.22. The predicted octanol–water partition coefficient (Wildman–Crippen LogP) is 3.02. The molecule has 0 bridgehead atoms. The second-order valence-electron chi connectivity index (χ2n) is 6.41. The average Bonchev–Trinajstić information content (AvgIpc) is 2.69. The molecule has 4 aromatic rings. The standard InChI is InChI=1S/C20H15N3O5/c1-2-12-3-5-15-13(8-19(24)28-18(15)7-12)10-22-11-21-17-6-4-14(23(26)27)9-16(17)20(22)25/h3-9,11H,2,10H2,1H3. The lowest BCUT2D eigenvalue weighted by molar-refractivity contribution is -0.384. The van der Waals surface area contributed by atoms with E-state index in [1.54, 1.807) is 0 Å². The van der Waals surface area contributed by atoms with Crippen LogP contribution in [0, 0.1) is 10.1 Å². The first-order chi connectivity index (χ1) is 13.5. The topological polar surface area (TPSA) is 108 Å². The number of aromatic nitrogens is 2. The zero-order valence-corrected chi connectivity index (χ0v) is 14.9. The lowest BCUT2D eigenvalue weighted by Gasteiger charge is -2.09. The fraction of sp³-hybridized carbons (Fsp3) is 0.150. The monoisotopic (exact) mass is 377 g/mol. The van der Waals surface area contributed by atoms with Crippen molar-refractivity contribution in [3.05, 3.63) is 90.8 Å². The molecule has 8 heteroatoms. The third-order valence-corrected chi connectivity index (χ3v) is 4.66. The van der Waals surface area contributed by atoms with Crippen LogP contribution in [0.25, 0.3) is 21.9 Å². The summed E-state index contributed by atoms with van der Waals surface area (Å²) in [5.41, 5.74) is 1.37. The number of rotatable bonds is 4. The number of hydrogen-bond acceptors (Lipinski definition) is 6. The van der Waals surface area contributed by atoms with E-state index in [1.165, 1.54) is 35.2 Å². The largest absolute Gasteiger partial charge is 0.423 e. The summed E-state index contributed by atoms with van der Waals surface area (Å²) in [6.07, 6.45) is 2.17. The smallest absolute Gasteiger partial charge is 0.336 e. The Bertz CT molecular complexity index is 1350. The van der Waals surface area contributed by atoms with Crippen molar-refractivity contribution in [2.75, 3.05) is 0 Å². The third kappa shape index (κ3) is 3.05. The SMILES string of the molecule is CCc1ccc2c(Cn3cnc4ccc([N+](=O)[O-])cc4c3=O)cc(=O)oc2c1. The van der Waals surface area contributed by atoms with Crippen LogP contribution in [0.1, 0.15) is 18.1 Å². The van der Waals surface area contributed by atoms with E-state index in [0.29, 0.717) is 16.7 Å². The summed E-state index contributed by atoms with van der Waals surface area (Å²) < 4.78 is 6.62. The first-order valence-electron chi connectivity index (χ1n) is 8.65. The van der Waals surface area contributed by atoms with E-state index in [0.717, 1.165) is 17.4 Å². The van der Waals surface area contributed by atoms with Gasteiger partial charge in [-0.15, -0.1) is 0 Å². The molecule has 2 heterocycles. The number of nitro benzene ring substituents is 1. The molecule has 0 saturated carbocycles. The van der Waals surface area contributed by atoms with Crippen molar-refractivity contribution in [2.45, 2.75) is 19.9 Å². The lowest BCUT2D eigenvalue weighted by atomic mass is 10.1. The van der Waals surface area contributed by atoms with Crippen LogP contribution < -0.4 is 11.2 Å². The molecule has 0 spiro atoms. The fourth-order valence-electron chi connectivity index (χ4n) is 3.18. The van der Waals surface area contributed by atoms with Crippen molar-refractivity contribution >= 4 is 27.6 Å². The highest BCUT2D eigenvalue weighted by atomic mass is 16.6. The number of non-ortho nitro benzene ring substituents is 1. The predicted molar refractivity (Wildman–Crippen MR) is 104 cm³/mol. The molecule has 0 aliphatic rings. The van der Waals surface area contributed by atoms with Gasteiger partial charge in [-0.05, 0) is 29.7 Å². The Balaban J connectivity index is 1.86. The van der Waals surface area contributed by atoms with E-state index in [2.05, 4.69) is 4.98 Å². The van der Waals surface area contributed by atoms with Gasteiger partial charge in [-0.3, -0.25) is 19.5 Å². The molecule has 0 aliphatic heterocycles. The number of aryl methyl sites for hydroxylation is 1. The molecule has 0 aliphatic carbocycles. The van der Waals surface area contributed by atoms with Gasteiger partial charge >= 0.3 is 5.63 Å². The summed E-state index contributed by atoms with van der Waals surface area (Å²) in [4.78, 5) is 39.4. The summed E-state index contributed by atoms with van der Waals surface area (Å²) in [7, 11) is 0. The van der Waals surface area contributed by atoms with Gasteiger partial charge in [0.25, 0.3) is 11.2 Å². The van der Waals surface area contributed by atoms with Crippen molar-refractivity contribution in [3.8, 4) is 0 Å².